The Kier molecular flexibility index (Phi) is 4.36. The number of methoxy groups -OCH3 is 1. The molecule has 152 valence electrons. The Balaban J connectivity index is 1.89. The van der Waals surface area contributed by atoms with Gasteiger partial charge < -0.3 is 4.74 Å². The fourth-order valence-corrected chi connectivity index (χ4v) is 3.80. The van der Waals surface area contributed by atoms with Gasteiger partial charge in [-0.1, -0.05) is 48.0 Å². The molecule has 0 atom stereocenters. The number of non-ortho nitro benzene ring substituents is 1. The molecule has 0 bridgehead atoms. The number of hydrogen-bond acceptors (Lipinski definition) is 5. The van der Waals surface area contributed by atoms with Crippen LogP contribution in [0.15, 0.2) is 72.9 Å². The molecule has 0 amide bonds. The zero-order valence-electron chi connectivity index (χ0n) is 16.9. The lowest BCUT2D eigenvalue weighted by molar-refractivity contribution is -0.384. The normalized spacial score (nSPS) is 11.2. The fraction of sp³-hybridized carbons (Fsp3) is 0.0833. The molecule has 0 N–H and O–H groups in total. The molecule has 3 aromatic carbocycles. The van der Waals surface area contributed by atoms with Crippen LogP contribution in [0.4, 0.5) is 5.69 Å². The molecule has 0 unspecified atom stereocenters. The van der Waals surface area contributed by atoms with Gasteiger partial charge in [0, 0.05) is 34.7 Å². The summed E-state index contributed by atoms with van der Waals surface area (Å²) in [7, 11) is 1.61. The van der Waals surface area contributed by atoms with E-state index >= 15 is 0 Å². The number of aryl methyl sites for hydroxylation is 1. The number of nitro groups is 1. The predicted molar refractivity (Wildman–Crippen MR) is 120 cm³/mol. The summed E-state index contributed by atoms with van der Waals surface area (Å²) in [5.74, 6) is 0.656. The van der Waals surface area contributed by atoms with Crippen molar-refractivity contribution in [2.45, 2.75) is 6.92 Å². The van der Waals surface area contributed by atoms with E-state index in [2.05, 4.69) is 4.98 Å². The van der Waals surface area contributed by atoms with E-state index in [9.17, 15) is 10.1 Å². The number of rotatable bonds is 4. The SMILES string of the molecule is COc1cccc2c1ncc1c(-c3ccc(C)cc3)nn(-c3cccc([N+](=O)[O-])c3)c12. The zero-order chi connectivity index (χ0) is 21.5. The molecule has 0 aliphatic rings. The van der Waals surface area contributed by atoms with Crippen molar-refractivity contribution in [2.24, 2.45) is 0 Å². The van der Waals surface area contributed by atoms with Crippen molar-refractivity contribution in [2.75, 3.05) is 7.11 Å². The van der Waals surface area contributed by atoms with Crippen LogP contribution in [0.1, 0.15) is 5.56 Å². The van der Waals surface area contributed by atoms with Gasteiger partial charge in [-0.05, 0) is 19.1 Å². The number of nitro benzene ring substituents is 1. The maximum atomic E-state index is 11.4. The summed E-state index contributed by atoms with van der Waals surface area (Å²) >= 11 is 0. The van der Waals surface area contributed by atoms with Gasteiger partial charge in [0.25, 0.3) is 5.69 Å². The molecular weight excluding hydrogens is 392 g/mol. The second kappa shape index (κ2) is 7.21. The van der Waals surface area contributed by atoms with Crippen molar-refractivity contribution in [3.63, 3.8) is 0 Å². The van der Waals surface area contributed by atoms with Gasteiger partial charge >= 0.3 is 0 Å². The molecule has 2 aromatic heterocycles. The highest BCUT2D eigenvalue weighted by Crippen LogP contribution is 2.36. The lowest BCUT2D eigenvalue weighted by atomic mass is 10.1. The van der Waals surface area contributed by atoms with E-state index in [0.29, 0.717) is 17.0 Å². The quantitative estimate of drug-likeness (QED) is 0.290. The van der Waals surface area contributed by atoms with Crippen LogP contribution >= 0.6 is 0 Å². The minimum Gasteiger partial charge on any atom is -0.494 e. The molecule has 0 saturated carbocycles. The second-order valence-corrected chi connectivity index (χ2v) is 7.28. The molecular formula is C24H18N4O3. The first kappa shape index (κ1) is 18.7. The highest BCUT2D eigenvalue weighted by molar-refractivity contribution is 6.10. The molecule has 0 saturated heterocycles. The van der Waals surface area contributed by atoms with Crippen molar-refractivity contribution in [1.29, 1.82) is 0 Å². The van der Waals surface area contributed by atoms with Gasteiger partial charge in [0.1, 0.15) is 17.0 Å². The smallest absolute Gasteiger partial charge is 0.271 e. The summed E-state index contributed by atoms with van der Waals surface area (Å²) in [5.41, 5.74) is 5.00. The Bertz CT molecular complexity index is 1460. The average Bonchev–Trinajstić information content (AvgIpc) is 3.19. The lowest BCUT2D eigenvalue weighted by Crippen LogP contribution is -1.99. The lowest BCUT2D eigenvalue weighted by Gasteiger charge is -2.08. The highest BCUT2D eigenvalue weighted by atomic mass is 16.6. The van der Waals surface area contributed by atoms with Crippen molar-refractivity contribution >= 4 is 27.5 Å². The maximum absolute atomic E-state index is 11.4. The number of aromatic nitrogens is 3. The van der Waals surface area contributed by atoms with Crippen molar-refractivity contribution in [3.8, 4) is 22.7 Å². The molecule has 2 heterocycles. The van der Waals surface area contributed by atoms with E-state index in [1.54, 1.807) is 24.1 Å². The third-order valence-electron chi connectivity index (χ3n) is 5.33. The van der Waals surface area contributed by atoms with Crippen LogP contribution in [0, 0.1) is 17.0 Å². The van der Waals surface area contributed by atoms with Crippen LogP contribution < -0.4 is 4.74 Å². The minimum absolute atomic E-state index is 0.00831. The second-order valence-electron chi connectivity index (χ2n) is 7.28. The number of para-hydroxylation sites is 1. The molecule has 0 aliphatic heterocycles. The monoisotopic (exact) mass is 410 g/mol. The summed E-state index contributed by atoms with van der Waals surface area (Å²) in [6, 6.07) is 20.3. The summed E-state index contributed by atoms with van der Waals surface area (Å²) in [6.45, 7) is 2.03. The van der Waals surface area contributed by atoms with E-state index in [0.717, 1.165) is 33.1 Å². The molecule has 5 aromatic rings. The van der Waals surface area contributed by atoms with Crippen LogP contribution in [0.2, 0.25) is 0 Å². The highest BCUT2D eigenvalue weighted by Gasteiger charge is 2.19. The zero-order valence-corrected chi connectivity index (χ0v) is 16.9. The van der Waals surface area contributed by atoms with Crippen LogP contribution in [0.25, 0.3) is 38.8 Å². The first-order valence-electron chi connectivity index (χ1n) is 9.73. The predicted octanol–water partition coefficient (Wildman–Crippen LogP) is 5.47. The largest absolute Gasteiger partial charge is 0.494 e. The van der Waals surface area contributed by atoms with Crippen molar-refractivity contribution in [1.82, 2.24) is 14.8 Å². The topological polar surface area (TPSA) is 83.1 Å². The van der Waals surface area contributed by atoms with E-state index < -0.39 is 4.92 Å². The van der Waals surface area contributed by atoms with Crippen LogP contribution in [0.3, 0.4) is 0 Å². The first-order chi connectivity index (χ1) is 15.1. The third-order valence-corrected chi connectivity index (χ3v) is 5.33. The van der Waals surface area contributed by atoms with Crippen LogP contribution in [0.5, 0.6) is 5.75 Å². The fourth-order valence-electron chi connectivity index (χ4n) is 3.80. The number of nitrogens with zero attached hydrogens (tertiary/aromatic N) is 4. The molecule has 0 aliphatic carbocycles. The molecule has 7 nitrogen and oxygen atoms in total. The third kappa shape index (κ3) is 3.07. The summed E-state index contributed by atoms with van der Waals surface area (Å²) in [6.07, 6.45) is 1.79. The molecule has 31 heavy (non-hydrogen) atoms. The van der Waals surface area contributed by atoms with Gasteiger partial charge in [-0.2, -0.15) is 5.10 Å². The van der Waals surface area contributed by atoms with Gasteiger partial charge in [0.15, 0.2) is 0 Å². The Morgan fingerprint density at radius 3 is 2.52 bits per heavy atom. The Labute approximate surface area is 177 Å². The average molecular weight is 410 g/mol. The standard InChI is InChI=1S/C24H18N4O3/c1-15-9-11-16(12-10-15)22-20-14-25-23-19(7-4-8-21(23)31-2)24(20)27(26-22)17-5-3-6-18(13-17)28(29)30/h3-14H,1-2H3. The number of hydrogen-bond donors (Lipinski definition) is 0. The molecule has 0 fully saturated rings. The maximum Gasteiger partial charge on any atom is 0.271 e. The van der Waals surface area contributed by atoms with Gasteiger partial charge in [-0.25, -0.2) is 4.68 Å². The number of ether oxygens (including phenoxy) is 1. The Morgan fingerprint density at radius 2 is 1.77 bits per heavy atom. The van der Waals surface area contributed by atoms with Crippen molar-refractivity contribution < 1.29 is 9.66 Å². The summed E-state index contributed by atoms with van der Waals surface area (Å²) < 4.78 is 7.25. The van der Waals surface area contributed by atoms with Gasteiger partial charge in [0.2, 0.25) is 0 Å². The van der Waals surface area contributed by atoms with Crippen LogP contribution in [-0.4, -0.2) is 26.8 Å². The number of benzene rings is 3. The van der Waals surface area contributed by atoms with Gasteiger partial charge in [-0.15, -0.1) is 0 Å². The number of fused-ring (bicyclic) bond motifs is 3. The van der Waals surface area contributed by atoms with Crippen LogP contribution in [-0.2, 0) is 0 Å². The molecule has 5 rings (SSSR count). The molecule has 0 radical (unpaired) electrons. The van der Waals surface area contributed by atoms with E-state index in [1.807, 2.05) is 55.5 Å². The number of pyridine rings is 1. The van der Waals surface area contributed by atoms with Gasteiger partial charge in [0.05, 0.1) is 23.2 Å². The van der Waals surface area contributed by atoms with E-state index in [4.69, 9.17) is 9.84 Å². The Hall–Kier alpha value is -4.26. The summed E-state index contributed by atoms with van der Waals surface area (Å²) in [5, 5.41) is 17.9. The Morgan fingerprint density at radius 1 is 1.00 bits per heavy atom. The summed E-state index contributed by atoms with van der Waals surface area (Å²) in [4.78, 5) is 15.6. The van der Waals surface area contributed by atoms with Gasteiger partial charge in [-0.3, -0.25) is 15.1 Å². The first-order valence-corrected chi connectivity index (χ1v) is 9.73. The van der Waals surface area contributed by atoms with Crippen molar-refractivity contribution in [3.05, 3.63) is 88.6 Å². The molecule has 7 heteroatoms. The van der Waals surface area contributed by atoms with E-state index in [-0.39, 0.29) is 5.69 Å². The minimum atomic E-state index is -0.404. The molecule has 0 spiro atoms. The van der Waals surface area contributed by atoms with E-state index in [1.165, 1.54) is 12.1 Å².